The van der Waals surface area contributed by atoms with E-state index < -0.39 is 23.5 Å². The molecule has 0 amide bonds. The Bertz CT molecular complexity index is 509. The first-order chi connectivity index (χ1) is 9.08. The second kappa shape index (κ2) is 6.06. The van der Waals surface area contributed by atoms with Gasteiger partial charge in [-0.1, -0.05) is 11.6 Å². The van der Waals surface area contributed by atoms with E-state index in [2.05, 4.69) is 0 Å². The second-order valence-corrected chi connectivity index (χ2v) is 4.82. The third-order valence-corrected chi connectivity index (χ3v) is 3.34. The largest absolute Gasteiger partial charge is 0.385 e. The van der Waals surface area contributed by atoms with Gasteiger partial charge in [0.15, 0.2) is 5.78 Å². The van der Waals surface area contributed by atoms with Gasteiger partial charge in [0.25, 0.3) is 0 Å². The fourth-order valence-electron chi connectivity index (χ4n) is 2.30. The predicted octanol–water partition coefficient (Wildman–Crippen LogP) is 3.40. The molecule has 102 valence electrons. The van der Waals surface area contributed by atoms with Crippen LogP contribution < -0.4 is 0 Å². The maximum atomic E-state index is 13.5. The number of Topliss-reactive ketones (excluding diaryl/α,β-unsaturated/α-hetero) is 1. The van der Waals surface area contributed by atoms with Gasteiger partial charge in [-0.25, -0.2) is 8.78 Å². The van der Waals surface area contributed by atoms with Gasteiger partial charge in [-0.3, -0.25) is 4.79 Å². The number of rotatable bonds is 4. The van der Waals surface area contributed by atoms with Gasteiger partial charge in [-0.2, -0.15) is 0 Å². The molecule has 0 unspecified atom stereocenters. The minimum absolute atomic E-state index is 0.232. The summed E-state index contributed by atoms with van der Waals surface area (Å²) in [6.07, 6.45) is 5.01. The first kappa shape index (κ1) is 13.9. The van der Waals surface area contributed by atoms with Crippen molar-refractivity contribution in [2.75, 3.05) is 0 Å². The summed E-state index contributed by atoms with van der Waals surface area (Å²) in [5.74, 6) is -2.36. The molecule has 0 bridgehead atoms. The minimum Gasteiger partial charge on any atom is -0.385 e. The molecule has 0 saturated carbocycles. The Morgan fingerprint density at radius 3 is 2.74 bits per heavy atom. The Morgan fingerprint density at radius 1 is 1.32 bits per heavy atom. The van der Waals surface area contributed by atoms with Crippen LogP contribution in [0.1, 0.15) is 42.5 Å². The lowest BCUT2D eigenvalue weighted by molar-refractivity contribution is 0.0741. The standard InChI is InChI=1S/C15H16F2O2/c16-11-6-7-12(13(17)9-11)15(19)14(18)8-10-4-2-1-3-5-10/h4,6-7,9,14,18H,1-3,5,8H2/t14-/m0/s1. The number of benzene rings is 1. The Balaban J connectivity index is 2.08. The summed E-state index contributed by atoms with van der Waals surface area (Å²) in [4.78, 5) is 11.9. The zero-order valence-corrected chi connectivity index (χ0v) is 10.5. The normalized spacial score (nSPS) is 16.9. The lowest BCUT2D eigenvalue weighted by atomic mass is 9.92. The van der Waals surface area contributed by atoms with Crippen LogP contribution in [-0.4, -0.2) is 17.0 Å². The van der Waals surface area contributed by atoms with Gasteiger partial charge < -0.3 is 5.11 Å². The Kier molecular flexibility index (Phi) is 4.43. The highest BCUT2D eigenvalue weighted by atomic mass is 19.1. The molecule has 0 heterocycles. The molecule has 0 saturated heterocycles. The van der Waals surface area contributed by atoms with E-state index in [1.807, 2.05) is 6.08 Å². The van der Waals surface area contributed by atoms with E-state index in [0.717, 1.165) is 43.4 Å². The molecule has 0 aliphatic heterocycles. The van der Waals surface area contributed by atoms with Gasteiger partial charge >= 0.3 is 0 Å². The van der Waals surface area contributed by atoms with Gasteiger partial charge in [-0.15, -0.1) is 0 Å². The summed E-state index contributed by atoms with van der Waals surface area (Å²) in [5, 5.41) is 9.87. The number of ketones is 1. The highest BCUT2D eigenvalue weighted by molar-refractivity contribution is 5.99. The molecule has 1 aromatic carbocycles. The average molecular weight is 266 g/mol. The van der Waals surface area contributed by atoms with E-state index in [-0.39, 0.29) is 12.0 Å². The summed E-state index contributed by atoms with van der Waals surface area (Å²) in [6.45, 7) is 0. The smallest absolute Gasteiger partial charge is 0.194 e. The summed E-state index contributed by atoms with van der Waals surface area (Å²) in [7, 11) is 0. The Hall–Kier alpha value is -1.55. The fraction of sp³-hybridized carbons (Fsp3) is 0.400. The molecule has 2 nitrogen and oxygen atoms in total. The molecule has 4 heteroatoms. The zero-order valence-electron chi connectivity index (χ0n) is 10.5. The van der Waals surface area contributed by atoms with Gasteiger partial charge in [-0.05, 0) is 37.8 Å². The molecular weight excluding hydrogens is 250 g/mol. The van der Waals surface area contributed by atoms with Crippen molar-refractivity contribution in [1.29, 1.82) is 0 Å². The van der Waals surface area contributed by atoms with Gasteiger partial charge in [0.1, 0.15) is 17.7 Å². The van der Waals surface area contributed by atoms with Crippen molar-refractivity contribution in [1.82, 2.24) is 0 Å². The van der Waals surface area contributed by atoms with Crippen LogP contribution in [0.5, 0.6) is 0 Å². The average Bonchev–Trinajstić information content (AvgIpc) is 2.39. The molecule has 1 aromatic rings. The third kappa shape index (κ3) is 3.47. The number of aliphatic hydroxyl groups excluding tert-OH is 1. The van der Waals surface area contributed by atoms with Gasteiger partial charge in [0, 0.05) is 12.5 Å². The Morgan fingerprint density at radius 2 is 2.11 bits per heavy atom. The molecule has 0 fully saturated rings. The fourth-order valence-corrected chi connectivity index (χ4v) is 2.30. The van der Waals surface area contributed by atoms with Crippen LogP contribution in [-0.2, 0) is 0 Å². The zero-order chi connectivity index (χ0) is 13.8. The first-order valence-electron chi connectivity index (χ1n) is 6.43. The van der Waals surface area contributed by atoms with Crippen molar-refractivity contribution < 1.29 is 18.7 Å². The molecule has 0 spiro atoms. The highest BCUT2D eigenvalue weighted by Gasteiger charge is 2.22. The molecule has 1 atom stereocenters. The summed E-state index contributed by atoms with van der Waals surface area (Å²) < 4.78 is 26.2. The molecule has 0 radical (unpaired) electrons. The molecule has 1 N–H and O–H groups in total. The number of carbonyl (C=O) groups excluding carboxylic acids is 1. The maximum Gasteiger partial charge on any atom is 0.194 e. The van der Waals surface area contributed by atoms with E-state index >= 15 is 0 Å². The van der Waals surface area contributed by atoms with Crippen LogP contribution >= 0.6 is 0 Å². The van der Waals surface area contributed by atoms with Gasteiger partial charge in [0.05, 0.1) is 5.56 Å². The monoisotopic (exact) mass is 266 g/mol. The van der Waals surface area contributed by atoms with Crippen LogP contribution in [0, 0.1) is 11.6 Å². The number of hydrogen-bond acceptors (Lipinski definition) is 2. The quantitative estimate of drug-likeness (QED) is 0.670. The SMILES string of the molecule is O=C(c1ccc(F)cc1F)[C@@H](O)CC1=CCCCC1. The van der Waals surface area contributed by atoms with Crippen LogP contribution in [0.15, 0.2) is 29.8 Å². The van der Waals surface area contributed by atoms with Crippen molar-refractivity contribution in [2.45, 2.75) is 38.2 Å². The van der Waals surface area contributed by atoms with Crippen LogP contribution in [0.25, 0.3) is 0 Å². The topological polar surface area (TPSA) is 37.3 Å². The molecule has 1 aliphatic rings. The number of aliphatic hydroxyl groups is 1. The first-order valence-corrected chi connectivity index (χ1v) is 6.43. The van der Waals surface area contributed by atoms with Crippen molar-refractivity contribution in [2.24, 2.45) is 0 Å². The third-order valence-electron chi connectivity index (χ3n) is 3.34. The van der Waals surface area contributed by atoms with Crippen molar-refractivity contribution in [3.63, 3.8) is 0 Å². The lowest BCUT2D eigenvalue weighted by Crippen LogP contribution is -2.22. The van der Waals surface area contributed by atoms with Crippen molar-refractivity contribution >= 4 is 5.78 Å². The molecular formula is C15H16F2O2. The predicted molar refractivity (Wildman–Crippen MR) is 67.9 cm³/mol. The van der Waals surface area contributed by atoms with Crippen molar-refractivity contribution in [3.05, 3.63) is 47.0 Å². The highest BCUT2D eigenvalue weighted by Crippen LogP contribution is 2.23. The van der Waals surface area contributed by atoms with Crippen LogP contribution in [0.3, 0.4) is 0 Å². The summed E-state index contributed by atoms with van der Waals surface area (Å²) in [5.41, 5.74) is 0.778. The van der Waals surface area contributed by atoms with Gasteiger partial charge in [0.2, 0.25) is 0 Å². The number of hydrogen-bond donors (Lipinski definition) is 1. The van der Waals surface area contributed by atoms with Crippen LogP contribution in [0.4, 0.5) is 8.78 Å². The lowest BCUT2D eigenvalue weighted by Gasteiger charge is -2.16. The van der Waals surface area contributed by atoms with E-state index in [1.165, 1.54) is 0 Å². The molecule has 0 aromatic heterocycles. The molecule has 2 rings (SSSR count). The van der Waals surface area contributed by atoms with Crippen molar-refractivity contribution in [3.8, 4) is 0 Å². The number of halogens is 2. The van der Waals surface area contributed by atoms with Crippen LogP contribution in [0.2, 0.25) is 0 Å². The molecule has 19 heavy (non-hydrogen) atoms. The van der Waals surface area contributed by atoms with E-state index in [1.54, 1.807) is 0 Å². The Labute approximate surface area is 110 Å². The number of allylic oxidation sites excluding steroid dienone is 1. The number of carbonyl (C=O) groups is 1. The summed E-state index contributed by atoms with van der Waals surface area (Å²) >= 11 is 0. The summed E-state index contributed by atoms with van der Waals surface area (Å²) in [6, 6.07) is 2.74. The minimum atomic E-state index is -1.26. The van der Waals surface area contributed by atoms with E-state index in [4.69, 9.17) is 0 Å². The van der Waals surface area contributed by atoms with E-state index in [9.17, 15) is 18.7 Å². The second-order valence-electron chi connectivity index (χ2n) is 4.82. The van der Waals surface area contributed by atoms with E-state index in [0.29, 0.717) is 6.07 Å². The molecule has 1 aliphatic carbocycles. The maximum absolute atomic E-state index is 13.5.